The molecule has 2 fully saturated rings. The second-order valence-corrected chi connectivity index (χ2v) is 18.4. The van der Waals surface area contributed by atoms with Crippen LogP contribution in [0.4, 0.5) is 9.59 Å². The third-order valence-corrected chi connectivity index (χ3v) is 10.7. The van der Waals surface area contributed by atoms with Gasteiger partial charge in [0.2, 0.25) is 0 Å². The van der Waals surface area contributed by atoms with Gasteiger partial charge >= 0.3 is 12.2 Å². The van der Waals surface area contributed by atoms with Crippen LogP contribution in [0.15, 0.2) is 97.3 Å². The fourth-order valence-electron chi connectivity index (χ4n) is 6.77. The summed E-state index contributed by atoms with van der Waals surface area (Å²) in [6.45, 7) is 21.5. The Kier molecular flexibility index (Phi) is 18.0. The van der Waals surface area contributed by atoms with Gasteiger partial charge in [-0.25, -0.2) is 9.59 Å². The normalized spacial score (nSPS) is 14.8. The first-order chi connectivity index (χ1) is 30.1. The third kappa shape index (κ3) is 17.4. The van der Waals surface area contributed by atoms with E-state index < -0.39 is 0 Å². The van der Waals surface area contributed by atoms with E-state index in [1.165, 1.54) is 0 Å². The first-order valence-electron chi connectivity index (χ1n) is 22.0. The van der Waals surface area contributed by atoms with Crippen LogP contribution in [0.5, 0.6) is 11.5 Å². The molecule has 0 bridgehead atoms. The smallest absolute Gasteiger partial charge is 0.410 e. The largest absolute Gasteiger partial charge is 0.415 e. The highest BCUT2D eigenvalue weighted by molar-refractivity contribution is 5.94. The minimum absolute atomic E-state index is 0.117. The van der Waals surface area contributed by atoms with Crippen LogP contribution >= 0.6 is 0 Å². The van der Waals surface area contributed by atoms with Crippen LogP contribution in [0.3, 0.4) is 0 Å². The van der Waals surface area contributed by atoms with Gasteiger partial charge in [-0.2, -0.15) is 0 Å². The van der Waals surface area contributed by atoms with Crippen LogP contribution in [-0.4, -0.2) is 126 Å². The first kappa shape index (κ1) is 48.2. The lowest BCUT2D eigenvalue weighted by Gasteiger charge is -2.33. The van der Waals surface area contributed by atoms with Crippen molar-refractivity contribution in [1.82, 2.24) is 40.2 Å². The molecule has 0 radical (unpaired) electrons. The number of nitrogens with zero attached hydrogens (tertiary/aromatic N) is 6. The van der Waals surface area contributed by atoms with Crippen LogP contribution in [0.1, 0.15) is 86.5 Å². The topological polar surface area (TPSA) is 150 Å². The van der Waals surface area contributed by atoms with Crippen molar-refractivity contribution >= 4 is 24.0 Å². The molecular formula is C49H66N8O6. The maximum atomic E-state index is 12.5. The second kappa shape index (κ2) is 23.5. The van der Waals surface area contributed by atoms with E-state index in [0.29, 0.717) is 61.9 Å². The molecule has 2 aliphatic rings. The summed E-state index contributed by atoms with van der Waals surface area (Å²) in [7, 11) is 0. The Morgan fingerprint density at radius 1 is 0.540 bits per heavy atom. The van der Waals surface area contributed by atoms with Gasteiger partial charge in [0.05, 0.1) is 5.69 Å². The van der Waals surface area contributed by atoms with Crippen LogP contribution < -0.4 is 20.1 Å². The molecule has 2 N–H and O–H groups in total. The van der Waals surface area contributed by atoms with Crippen molar-refractivity contribution in [2.24, 2.45) is 10.8 Å². The monoisotopic (exact) mass is 863 g/mol. The molecule has 0 unspecified atom stereocenters. The number of pyridine rings is 2. The number of amides is 4. The zero-order valence-electron chi connectivity index (χ0n) is 38.0. The molecule has 2 aromatic heterocycles. The molecule has 338 valence electrons. The maximum Gasteiger partial charge on any atom is 0.415 e. The van der Waals surface area contributed by atoms with E-state index in [0.717, 1.165) is 69.9 Å². The Morgan fingerprint density at radius 3 is 1.35 bits per heavy atom. The van der Waals surface area contributed by atoms with E-state index in [4.69, 9.17) is 9.47 Å². The molecule has 6 rings (SSSR count). The predicted octanol–water partition coefficient (Wildman–Crippen LogP) is 7.17. The molecule has 4 amide bonds. The van der Waals surface area contributed by atoms with Gasteiger partial charge in [0.15, 0.2) is 0 Å². The number of benzene rings is 2. The minimum atomic E-state index is -0.361. The Morgan fingerprint density at radius 2 is 0.952 bits per heavy atom. The summed E-state index contributed by atoms with van der Waals surface area (Å²) in [5, 5.41) is 5.85. The van der Waals surface area contributed by atoms with Crippen molar-refractivity contribution in [3.8, 4) is 11.5 Å². The number of hydrogen-bond acceptors (Lipinski definition) is 10. The summed E-state index contributed by atoms with van der Waals surface area (Å²) < 4.78 is 11.0. The Labute approximate surface area is 373 Å². The summed E-state index contributed by atoms with van der Waals surface area (Å²) in [6, 6.07) is 25.2. The lowest BCUT2D eigenvalue weighted by Crippen LogP contribution is -2.49. The number of piperazine rings is 2. The average Bonchev–Trinajstić information content (AvgIpc) is 3.26. The van der Waals surface area contributed by atoms with E-state index >= 15 is 0 Å². The lowest BCUT2D eigenvalue weighted by molar-refractivity contribution is 0.0940. The number of rotatable bonds is 13. The fourth-order valence-corrected chi connectivity index (χ4v) is 6.77. The van der Waals surface area contributed by atoms with Crippen molar-refractivity contribution in [1.29, 1.82) is 0 Å². The average molecular weight is 863 g/mol. The van der Waals surface area contributed by atoms with Crippen molar-refractivity contribution in [2.75, 3.05) is 72.0 Å². The van der Waals surface area contributed by atoms with Gasteiger partial charge in [0.25, 0.3) is 11.8 Å². The molecule has 0 saturated carbocycles. The molecule has 4 heterocycles. The summed E-state index contributed by atoms with van der Waals surface area (Å²) >= 11 is 0. The highest BCUT2D eigenvalue weighted by atomic mass is 16.6. The van der Waals surface area contributed by atoms with Gasteiger partial charge in [-0.05, 0) is 96.5 Å². The highest BCUT2D eigenvalue weighted by Crippen LogP contribution is 2.20. The van der Waals surface area contributed by atoms with Crippen LogP contribution in [-0.2, 0) is 13.0 Å². The zero-order valence-corrected chi connectivity index (χ0v) is 38.0. The van der Waals surface area contributed by atoms with Gasteiger partial charge < -0.3 is 29.9 Å². The molecule has 14 heteroatoms. The van der Waals surface area contributed by atoms with Crippen LogP contribution in [0.25, 0.3) is 0 Å². The molecular weight excluding hydrogens is 797 g/mol. The maximum absolute atomic E-state index is 12.5. The molecule has 14 nitrogen and oxygen atoms in total. The molecule has 4 aromatic rings. The van der Waals surface area contributed by atoms with Gasteiger partial charge in [0, 0.05) is 114 Å². The summed E-state index contributed by atoms with van der Waals surface area (Å²) in [5.41, 5.74) is 3.57. The standard InChI is InChI=1S/C25H34N4O3.C24H32N4O3/c1-25(2,3)12-14-27-23(30)20-7-9-22(10-8-20)32-24(31)29-18-16-28(17-19-29)15-11-21-6-4-5-13-26-21;1-24(2,3)11-13-26-22(29)19-7-9-21(10-8-19)31-23(30)28-16-14-27(15-17-28)18-20-6-4-5-12-25-20/h4-10,13H,11-12,14-19H2,1-3H3,(H,27,30);4-10,12H,11,13-18H2,1-3H3,(H,26,29). The molecule has 0 spiro atoms. The Bertz CT molecular complexity index is 2020. The summed E-state index contributed by atoms with van der Waals surface area (Å²) in [6.07, 6.45) is 5.62. The van der Waals surface area contributed by atoms with E-state index in [2.05, 4.69) is 71.9 Å². The quantitative estimate of drug-likeness (QED) is 0.142. The molecule has 0 atom stereocenters. The lowest BCUT2D eigenvalue weighted by atomic mass is 9.92. The van der Waals surface area contributed by atoms with Crippen LogP contribution in [0.2, 0.25) is 0 Å². The Balaban J connectivity index is 0.000000238. The number of nitrogens with one attached hydrogen (secondary N) is 2. The van der Waals surface area contributed by atoms with E-state index in [-0.39, 0.29) is 34.8 Å². The molecule has 2 saturated heterocycles. The molecule has 0 aliphatic carbocycles. The van der Waals surface area contributed by atoms with E-state index in [1.54, 1.807) is 64.5 Å². The number of hydrogen-bond donors (Lipinski definition) is 2. The van der Waals surface area contributed by atoms with E-state index in [9.17, 15) is 19.2 Å². The van der Waals surface area contributed by atoms with Crippen LogP contribution in [0, 0.1) is 10.8 Å². The second-order valence-electron chi connectivity index (χ2n) is 18.4. The number of carbonyl (C=O) groups excluding carboxylic acids is 4. The van der Waals surface area contributed by atoms with Crippen molar-refractivity contribution in [3.63, 3.8) is 0 Å². The summed E-state index contributed by atoms with van der Waals surface area (Å²) in [5.74, 6) is 0.645. The SMILES string of the molecule is CC(C)(C)CCNC(=O)c1ccc(OC(=O)N2CCN(CCc3ccccn3)CC2)cc1.CC(C)(C)CCNC(=O)c1ccc(OC(=O)N2CCN(Cc3ccccn3)CC2)cc1. The number of aromatic nitrogens is 2. The number of ether oxygens (including phenoxy) is 2. The van der Waals surface area contributed by atoms with E-state index in [1.807, 2.05) is 42.6 Å². The van der Waals surface area contributed by atoms with Gasteiger partial charge in [-0.1, -0.05) is 53.7 Å². The first-order valence-corrected chi connectivity index (χ1v) is 22.0. The highest BCUT2D eigenvalue weighted by Gasteiger charge is 2.24. The van der Waals surface area contributed by atoms with Crippen molar-refractivity contribution < 1.29 is 28.7 Å². The van der Waals surface area contributed by atoms with Gasteiger partial charge in [0.1, 0.15) is 11.5 Å². The van der Waals surface area contributed by atoms with Crippen molar-refractivity contribution in [3.05, 3.63) is 120 Å². The molecule has 63 heavy (non-hydrogen) atoms. The molecule has 2 aromatic carbocycles. The minimum Gasteiger partial charge on any atom is -0.410 e. The Hall–Kier alpha value is -5.86. The molecule has 2 aliphatic heterocycles. The van der Waals surface area contributed by atoms with Gasteiger partial charge in [-0.15, -0.1) is 0 Å². The zero-order chi connectivity index (χ0) is 45.2. The van der Waals surface area contributed by atoms with Crippen molar-refractivity contribution in [2.45, 2.75) is 67.3 Å². The third-order valence-electron chi connectivity index (χ3n) is 10.7. The predicted molar refractivity (Wildman–Crippen MR) is 245 cm³/mol. The number of carbonyl (C=O) groups is 4. The summed E-state index contributed by atoms with van der Waals surface area (Å²) in [4.78, 5) is 66.2. The fraction of sp³-hybridized carbons (Fsp3) is 0.469. The van der Waals surface area contributed by atoms with Gasteiger partial charge in [-0.3, -0.25) is 29.4 Å².